The minimum atomic E-state index is -0.390. The summed E-state index contributed by atoms with van der Waals surface area (Å²) < 4.78 is 23.7. The van der Waals surface area contributed by atoms with Gasteiger partial charge in [0.1, 0.15) is 17.1 Å². The Hall–Kier alpha value is -2.56. The fraction of sp³-hybridized carbons (Fsp3) is 0.0714. The van der Waals surface area contributed by atoms with E-state index in [1.807, 2.05) is 0 Å². The Kier molecular flexibility index (Phi) is 2.59. The van der Waals surface area contributed by atoms with Gasteiger partial charge in [0.2, 0.25) is 5.89 Å². The molecule has 0 aliphatic carbocycles. The van der Waals surface area contributed by atoms with E-state index in [1.165, 1.54) is 12.1 Å². The number of nitrogen functional groups attached to an aromatic ring is 1. The van der Waals surface area contributed by atoms with E-state index in [9.17, 15) is 4.39 Å². The smallest absolute Gasteiger partial charge is 0.229 e. The van der Waals surface area contributed by atoms with Gasteiger partial charge in [0.15, 0.2) is 5.58 Å². The van der Waals surface area contributed by atoms with Crippen molar-refractivity contribution >= 4 is 16.8 Å². The fourth-order valence-corrected chi connectivity index (χ4v) is 1.88. The van der Waals surface area contributed by atoms with Gasteiger partial charge in [-0.25, -0.2) is 9.37 Å². The quantitative estimate of drug-likeness (QED) is 0.717. The zero-order chi connectivity index (χ0) is 13.4. The molecule has 1 aromatic heterocycles. The first-order valence-electron chi connectivity index (χ1n) is 5.67. The molecule has 19 heavy (non-hydrogen) atoms. The number of methoxy groups -OCH3 is 1. The minimum absolute atomic E-state index is 0.290. The molecule has 1 heterocycles. The number of aromatic nitrogens is 1. The summed E-state index contributed by atoms with van der Waals surface area (Å²) in [5.41, 5.74) is 7.91. The molecule has 3 rings (SSSR count). The number of fused-ring (bicyclic) bond motifs is 1. The van der Waals surface area contributed by atoms with Gasteiger partial charge >= 0.3 is 0 Å². The van der Waals surface area contributed by atoms with Gasteiger partial charge in [0.05, 0.1) is 12.7 Å². The zero-order valence-corrected chi connectivity index (χ0v) is 10.2. The van der Waals surface area contributed by atoms with E-state index in [-0.39, 0.29) is 5.82 Å². The number of oxazole rings is 1. The number of nitrogens with two attached hydrogens (primary N) is 1. The fourth-order valence-electron chi connectivity index (χ4n) is 1.88. The van der Waals surface area contributed by atoms with Crippen molar-refractivity contribution in [1.82, 2.24) is 4.98 Å². The molecule has 0 unspecified atom stereocenters. The Bertz CT molecular complexity index is 752. The highest BCUT2D eigenvalue weighted by Crippen LogP contribution is 2.30. The van der Waals surface area contributed by atoms with Crippen molar-refractivity contribution in [2.75, 3.05) is 12.8 Å². The standard InChI is InChI=1S/C14H11FN2O2/c1-18-9-3-5-13-12(7-9)17-14(19-13)10-4-2-8(15)6-11(10)16/h2-7H,16H2,1H3. The second-order valence-electron chi connectivity index (χ2n) is 4.08. The molecule has 5 heteroatoms. The maximum atomic E-state index is 13.0. The molecule has 0 atom stereocenters. The maximum absolute atomic E-state index is 13.0. The number of ether oxygens (including phenoxy) is 1. The molecule has 0 saturated heterocycles. The Balaban J connectivity index is 2.14. The minimum Gasteiger partial charge on any atom is -0.497 e. The van der Waals surface area contributed by atoms with Gasteiger partial charge < -0.3 is 14.9 Å². The number of nitrogens with zero attached hydrogens (tertiary/aromatic N) is 1. The first kappa shape index (κ1) is 11.5. The van der Waals surface area contributed by atoms with Gasteiger partial charge in [-0.15, -0.1) is 0 Å². The number of hydrogen-bond acceptors (Lipinski definition) is 4. The molecule has 2 N–H and O–H groups in total. The topological polar surface area (TPSA) is 61.3 Å². The van der Waals surface area contributed by atoms with Crippen LogP contribution in [0, 0.1) is 5.82 Å². The van der Waals surface area contributed by atoms with Gasteiger partial charge in [-0.3, -0.25) is 0 Å². The Morgan fingerprint density at radius 3 is 2.79 bits per heavy atom. The summed E-state index contributed by atoms with van der Waals surface area (Å²) in [4.78, 5) is 4.33. The van der Waals surface area contributed by atoms with Crippen molar-refractivity contribution in [3.63, 3.8) is 0 Å². The third-order valence-corrected chi connectivity index (χ3v) is 2.84. The lowest BCUT2D eigenvalue weighted by atomic mass is 10.2. The molecule has 0 amide bonds. The predicted molar refractivity (Wildman–Crippen MR) is 70.4 cm³/mol. The lowest BCUT2D eigenvalue weighted by molar-refractivity contribution is 0.415. The molecule has 2 aromatic carbocycles. The SMILES string of the molecule is COc1ccc2oc(-c3ccc(F)cc3N)nc2c1. The molecule has 96 valence electrons. The largest absolute Gasteiger partial charge is 0.497 e. The normalized spacial score (nSPS) is 10.8. The van der Waals surface area contributed by atoms with E-state index < -0.39 is 0 Å². The van der Waals surface area contributed by atoms with E-state index in [0.29, 0.717) is 34.0 Å². The third-order valence-electron chi connectivity index (χ3n) is 2.84. The highest BCUT2D eigenvalue weighted by Gasteiger charge is 2.12. The van der Waals surface area contributed by atoms with Gasteiger partial charge in [0, 0.05) is 11.8 Å². The van der Waals surface area contributed by atoms with E-state index in [0.717, 1.165) is 0 Å². The van der Waals surface area contributed by atoms with Crippen molar-refractivity contribution in [2.24, 2.45) is 0 Å². The molecule has 0 aliphatic rings. The Morgan fingerprint density at radius 1 is 1.21 bits per heavy atom. The predicted octanol–water partition coefficient (Wildman–Crippen LogP) is 3.22. The first-order valence-corrected chi connectivity index (χ1v) is 5.67. The average Bonchev–Trinajstić information content (AvgIpc) is 2.80. The van der Waals surface area contributed by atoms with Crippen LogP contribution in [0.3, 0.4) is 0 Å². The summed E-state index contributed by atoms with van der Waals surface area (Å²) in [5.74, 6) is 0.666. The zero-order valence-electron chi connectivity index (χ0n) is 10.2. The lowest BCUT2D eigenvalue weighted by Gasteiger charge is -2.00. The second kappa shape index (κ2) is 4.28. The van der Waals surface area contributed by atoms with Crippen LogP contribution in [-0.4, -0.2) is 12.1 Å². The third kappa shape index (κ3) is 1.99. The van der Waals surface area contributed by atoms with Crippen LogP contribution in [0.2, 0.25) is 0 Å². The molecule has 0 bridgehead atoms. The first-order chi connectivity index (χ1) is 9.17. The van der Waals surface area contributed by atoms with E-state index in [2.05, 4.69) is 4.98 Å². The van der Waals surface area contributed by atoms with Gasteiger partial charge in [-0.1, -0.05) is 0 Å². The molecular weight excluding hydrogens is 247 g/mol. The molecule has 0 fully saturated rings. The van der Waals surface area contributed by atoms with Crippen LogP contribution in [-0.2, 0) is 0 Å². The van der Waals surface area contributed by atoms with Crippen molar-refractivity contribution < 1.29 is 13.5 Å². The highest BCUT2D eigenvalue weighted by molar-refractivity contribution is 5.80. The van der Waals surface area contributed by atoms with Crippen molar-refractivity contribution in [3.8, 4) is 17.2 Å². The second-order valence-corrected chi connectivity index (χ2v) is 4.08. The van der Waals surface area contributed by atoms with Gasteiger partial charge in [-0.2, -0.15) is 0 Å². The monoisotopic (exact) mass is 258 g/mol. The molecule has 3 aromatic rings. The summed E-state index contributed by atoms with van der Waals surface area (Å²) >= 11 is 0. The van der Waals surface area contributed by atoms with E-state index >= 15 is 0 Å². The number of anilines is 1. The summed E-state index contributed by atoms with van der Waals surface area (Å²) in [5, 5.41) is 0. The van der Waals surface area contributed by atoms with Crippen LogP contribution in [0.25, 0.3) is 22.6 Å². The Labute approximate surface area is 108 Å². The van der Waals surface area contributed by atoms with Crippen LogP contribution in [0.4, 0.5) is 10.1 Å². The summed E-state index contributed by atoms with van der Waals surface area (Å²) in [6.07, 6.45) is 0. The van der Waals surface area contributed by atoms with E-state index in [4.69, 9.17) is 14.9 Å². The number of hydrogen-bond donors (Lipinski definition) is 1. The van der Waals surface area contributed by atoms with Crippen LogP contribution in [0.1, 0.15) is 0 Å². The molecular formula is C14H11FN2O2. The molecule has 4 nitrogen and oxygen atoms in total. The lowest BCUT2D eigenvalue weighted by Crippen LogP contribution is -1.91. The number of halogens is 1. The van der Waals surface area contributed by atoms with Crippen LogP contribution >= 0.6 is 0 Å². The highest BCUT2D eigenvalue weighted by atomic mass is 19.1. The van der Waals surface area contributed by atoms with Gasteiger partial charge in [-0.05, 0) is 30.3 Å². The van der Waals surface area contributed by atoms with Crippen LogP contribution < -0.4 is 10.5 Å². The van der Waals surface area contributed by atoms with E-state index in [1.54, 1.807) is 31.4 Å². The molecule has 0 saturated carbocycles. The van der Waals surface area contributed by atoms with Crippen molar-refractivity contribution in [1.29, 1.82) is 0 Å². The maximum Gasteiger partial charge on any atom is 0.229 e. The van der Waals surface area contributed by atoms with Crippen LogP contribution in [0.5, 0.6) is 5.75 Å². The van der Waals surface area contributed by atoms with Crippen LogP contribution in [0.15, 0.2) is 40.8 Å². The van der Waals surface area contributed by atoms with Crippen molar-refractivity contribution in [2.45, 2.75) is 0 Å². The number of benzene rings is 2. The number of rotatable bonds is 2. The van der Waals surface area contributed by atoms with Gasteiger partial charge in [0.25, 0.3) is 0 Å². The van der Waals surface area contributed by atoms with Crippen molar-refractivity contribution in [3.05, 3.63) is 42.2 Å². The Morgan fingerprint density at radius 2 is 2.05 bits per heavy atom. The summed E-state index contributed by atoms with van der Waals surface area (Å²) in [6, 6.07) is 9.43. The molecule has 0 aliphatic heterocycles. The summed E-state index contributed by atoms with van der Waals surface area (Å²) in [6.45, 7) is 0. The summed E-state index contributed by atoms with van der Waals surface area (Å²) in [7, 11) is 1.58. The average molecular weight is 258 g/mol. The molecule has 0 spiro atoms. The molecule has 0 radical (unpaired) electrons.